The van der Waals surface area contributed by atoms with Gasteiger partial charge in [0.25, 0.3) is 0 Å². The second-order valence-corrected chi connectivity index (χ2v) is 7.84. The Balaban J connectivity index is 1.62. The predicted octanol–water partition coefficient (Wildman–Crippen LogP) is 7.97. The van der Waals surface area contributed by atoms with Crippen molar-refractivity contribution < 1.29 is 26.7 Å². The average Bonchev–Trinajstić information content (AvgIpc) is 2.73. The normalized spacial score (nSPS) is 13.5. The number of hydrogen-bond acceptors (Lipinski definition) is 1. The van der Waals surface area contributed by atoms with Crippen LogP contribution in [0, 0.1) is 11.6 Å². The fourth-order valence-corrected chi connectivity index (χ4v) is 4.05. The lowest BCUT2D eigenvalue weighted by Crippen LogP contribution is -2.16. The lowest BCUT2D eigenvalue weighted by Gasteiger charge is -2.19. The van der Waals surface area contributed by atoms with Crippen LogP contribution < -0.4 is 4.74 Å². The van der Waals surface area contributed by atoms with Crippen molar-refractivity contribution >= 4 is 11.6 Å². The Bertz CT molecular complexity index is 1160. The molecule has 32 heavy (non-hydrogen) atoms. The molecule has 0 N–H and O–H groups in total. The van der Waals surface area contributed by atoms with Gasteiger partial charge in [-0.3, -0.25) is 0 Å². The summed E-state index contributed by atoms with van der Waals surface area (Å²) in [5.74, 6) is -1.13. The Morgan fingerprint density at radius 2 is 1.56 bits per heavy atom. The fourth-order valence-electron chi connectivity index (χ4n) is 4.05. The van der Waals surface area contributed by atoms with Crippen molar-refractivity contribution in [3.8, 4) is 16.9 Å². The minimum absolute atomic E-state index is 0.274. The zero-order chi connectivity index (χ0) is 22.9. The van der Waals surface area contributed by atoms with E-state index in [2.05, 4.69) is 4.74 Å². The molecule has 0 aliphatic heterocycles. The van der Waals surface area contributed by atoms with Crippen LogP contribution in [0.2, 0.25) is 0 Å². The lowest BCUT2D eigenvalue weighted by molar-refractivity contribution is -0.274. The van der Waals surface area contributed by atoms with E-state index in [1.54, 1.807) is 18.2 Å². The maximum absolute atomic E-state index is 14.9. The maximum Gasteiger partial charge on any atom is 0.573 e. The molecule has 166 valence electrons. The summed E-state index contributed by atoms with van der Waals surface area (Å²) in [5.41, 5.74) is 4.64. The Kier molecular flexibility index (Phi) is 6.04. The molecule has 0 heterocycles. The van der Waals surface area contributed by atoms with E-state index in [-0.39, 0.29) is 11.6 Å². The summed E-state index contributed by atoms with van der Waals surface area (Å²) in [5, 5.41) is 0. The minimum atomic E-state index is -4.78. The second kappa shape index (κ2) is 8.77. The molecule has 0 atom stereocenters. The van der Waals surface area contributed by atoms with Crippen molar-refractivity contribution in [2.45, 2.75) is 39.0 Å². The lowest BCUT2D eigenvalue weighted by atomic mass is 9.86. The highest BCUT2D eigenvalue weighted by molar-refractivity contribution is 5.85. The van der Waals surface area contributed by atoms with Gasteiger partial charge in [0.15, 0.2) is 0 Å². The first kappa shape index (κ1) is 22.1. The van der Waals surface area contributed by atoms with Gasteiger partial charge in [-0.25, -0.2) is 8.78 Å². The van der Waals surface area contributed by atoms with Crippen LogP contribution in [-0.2, 0) is 12.8 Å². The van der Waals surface area contributed by atoms with Gasteiger partial charge in [0.05, 0.1) is 0 Å². The van der Waals surface area contributed by atoms with Gasteiger partial charge in [0.2, 0.25) is 0 Å². The first-order valence-electron chi connectivity index (χ1n) is 10.4. The van der Waals surface area contributed by atoms with Crippen molar-refractivity contribution in [3.05, 3.63) is 88.5 Å². The van der Waals surface area contributed by atoms with E-state index in [0.29, 0.717) is 35.1 Å². The SMILES string of the molecule is CCCc1ccc(C2=Cc3cc(F)c(-c4ccc(OC(F)(F)F)cc4)cc3CC2)c(F)c1. The Hall–Kier alpha value is -3.15. The van der Waals surface area contributed by atoms with E-state index in [1.165, 1.54) is 18.2 Å². The summed E-state index contributed by atoms with van der Waals surface area (Å²) in [7, 11) is 0. The van der Waals surface area contributed by atoms with Crippen LogP contribution in [0.1, 0.15) is 42.0 Å². The van der Waals surface area contributed by atoms with Crippen LogP contribution in [0.3, 0.4) is 0 Å². The molecule has 0 bridgehead atoms. The summed E-state index contributed by atoms with van der Waals surface area (Å²) in [6.45, 7) is 2.04. The van der Waals surface area contributed by atoms with Crippen molar-refractivity contribution in [2.24, 2.45) is 0 Å². The van der Waals surface area contributed by atoms with Gasteiger partial charge < -0.3 is 4.74 Å². The van der Waals surface area contributed by atoms with E-state index in [1.807, 2.05) is 19.1 Å². The first-order chi connectivity index (χ1) is 15.2. The van der Waals surface area contributed by atoms with Gasteiger partial charge in [-0.05, 0) is 77.4 Å². The molecule has 0 spiro atoms. The predicted molar refractivity (Wildman–Crippen MR) is 115 cm³/mol. The number of fused-ring (bicyclic) bond motifs is 1. The quantitative estimate of drug-likeness (QED) is 0.363. The van der Waals surface area contributed by atoms with Gasteiger partial charge in [-0.1, -0.05) is 43.7 Å². The van der Waals surface area contributed by atoms with Crippen LogP contribution in [0.5, 0.6) is 5.75 Å². The van der Waals surface area contributed by atoms with Gasteiger partial charge in [-0.15, -0.1) is 13.2 Å². The number of aryl methyl sites for hydroxylation is 2. The van der Waals surface area contributed by atoms with Crippen LogP contribution in [0.4, 0.5) is 22.0 Å². The third-order valence-corrected chi connectivity index (χ3v) is 5.54. The highest BCUT2D eigenvalue weighted by atomic mass is 19.4. The van der Waals surface area contributed by atoms with Gasteiger partial charge >= 0.3 is 6.36 Å². The summed E-state index contributed by atoms with van der Waals surface area (Å²) >= 11 is 0. The molecule has 3 aromatic carbocycles. The summed E-state index contributed by atoms with van der Waals surface area (Å²) < 4.78 is 70.4. The van der Waals surface area contributed by atoms with Gasteiger partial charge in [0.1, 0.15) is 17.4 Å². The summed E-state index contributed by atoms with van der Waals surface area (Å²) in [6.07, 6.45) is 0.00751. The molecule has 0 aromatic heterocycles. The summed E-state index contributed by atoms with van der Waals surface area (Å²) in [4.78, 5) is 0. The minimum Gasteiger partial charge on any atom is -0.406 e. The van der Waals surface area contributed by atoms with Crippen molar-refractivity contribution in [3.63, 3.8) is 0 Å². The molecular weight excluding hydrogens is 423 g/mol. The standard InChI is InChI=1S/C26H21F5O/c1-2-3-16-4-11-22(24(27)12-16)19-6-5-18-14-23(25(28)15-20(18)13-19)17-7-9-21(10-8-17)32-26(29,30)31/h4,7-15H,2-3,5-6H2,1H3. The van der Waals surface area contributed by atoms with E-state index >= 15 is 0 Å². The number of ether oxygens (including phenoxy) is 1. The number of halogens is 5. The molecule has 4 rings (SSSR count). The number of hydrogen-bond donors (Lipinski definition) is 0. The molecule has 6 heteroatoms. The monoisotopic (exact) mass is 444 g/mol. The van der Waals surface area contributed by atoms with Crippen LogP contribution >= 0.6 is 0 Å². The highest BCUT2D eigenvalue weighted by Gasteiger charge is 2.31. The third kappa shape index (κ3) is 4.85. The average molecular weight is 444 g/mol. The van der Waals surface area contributed by atoms with Crippen molar-refractivity contribution in [1.82, 2.24) is 0 Å². The zero-order valence-corrected chi connectivity index (χ0v) is 17.4. The molecule has 0 amide bonds. The Morgan fingerprint density at radius 1 is 0.844 bits per heavy atom. The smallest absolute Gasteiger partial charge is 0.406 e. The van der Waals surface area contributed by atoms with Crippen LogP contribution in [-0.4, -0.2) is 6.36 Å². The molecule has 3 aromatic rings. The van der Waals surface area contributed by atoms with E-state index < -0.39 is 12.2 Å². The molecule has 0 radical (unpaired) electrons. The van der Waals surface area contributed by atoms with E-state index in [9.17, 15) is 22.0 Å². The molecule has 1 aliphatic carbocycles. The highest BCUT2D eigenvalue weighted by Crippen LogP contribution is 2.36. The van der Waals surface area contributed by atoms with Crippen molar-refractivity contribution in [1.29, 1.82) is 0 Å². The molecule has 0 saturated heterocycles. The Labute approximate surface area is 183 Å². The van der Waals surface area contributed by atoms with Crippen LogP contribution in [0.15, 0.2) is 54.6 Å². The Morgan fingerprint density at radius 3 is 2.22 bits per heavy atom. The molecule has 0 unspecified atom stereocenters. The number of alkyl halides is 3. The van der Waals surface area contributed by atoms with E-state index in [4.69, 9.17) is 0 Å². The van der Waals surface area contributed by atoms with Gasteiger partial charge in [-0.2, -0.15) is 0 Å². The fraction of sp³-hybridized carbons (Fsp3) is 0.231. The first-order valence-corrected chi connectivity index (χ1v) is 10.4. The van der Waals surface area contributed by atoms with Gasteiger partial charge in [0, 0.05) is 11.1 Å². The molecule has 0 saturated carbocycles. The number of benzene rings is 3. The maximum atomic E-state index is 14.9. The van der Waals surface area contributed by atoms with Crippen LogP contribution in [0.25, 0.3) is 22.8 Å². The summed E-state index contributed by atoms with van der Waals surface area (Å²) in [6, 6.07) is 13.5. The van der Waals surface area contributed by atoms with E-state index in [0.717, 1.165) is 41.7 Å². The number of allylic oxidation sites excluding steroid dienone is 1. The molecular formula is C26H21F5O. The topological polar surface area (TPSA) is 9.23 Å². The second-order valence-electron chi connectivity index (χ2n) is 7.84. The third-order valence-electron chi connectivity index (χ3n) is 5.54. The number of rotatable bonds is 5. The zero-order valence-electron chi connectivity index (χ0n) is 17.4. The molecule has 0 fully saturated rings. The molecule has 1 nitrogen and oxygen atoms in total. The largest absolute Gasteiger partial charge is 0.573 e. The molecule has 1 aliphatic rings. The van der Waals surface area contributed by atoms with Crippen molar-refractivity contribution in [2.75, 3.05) is 0 Å².